The van der Waals surface area contributed by atoms with Gasteiger partial charge in [-0.1, -0.05) is 29.8 Å². The summed E-state index contributed by atoms with van der Waals surface area (Å²) in [5.74, 6) is -1.02. The third-order valence-electron chi connectivity index (χ3n) is 3.15. The highest BCUT2D eigenvalue weighted by atomic mass is 35.5. The first-order valence-electron chi connectivity index (χ1n) is 7.16. The van der Waals surface area contributed by atoms with Crippen LogP contribution in [-0.2, 0) is 16.0 Å². The van der Waals surface area contributed by atoms with E-state index in [1.165, 1.54) is 18.2 Å². The van der Waals surface area contributed by atoms with E-state index in [1.807, 2.05) is 0 Å². The van der Waals surface area contributed by atoms with Gasteiger partial charge in [-0.05, 0) is 42.3 Å². The maximum atomic E-state index is 13.4. The lowest BCUT2D eigenvalue weighted by Crippen LogP contribution is -2.44. The van der Waals surface area contributed by atoms with Gasteiger partial charge in [-0.25, -0.2) is 4.39 Å². The van der Waals surface area contributed by atoms with Crippen LogP contribution in [0, 0.1) is 12.7 Å². The number of halogens is 2. The number of nitrogens with one attached hydrogen (secondary N) is 2. The molecular weight excluding hydrogens is 335 g/mol. The monoisotopic (exact) mass is 350 g/mol. The Morgan fingerprint density at radius 1 is 1.12 bits per heavy atom. The summed E-state index contributed by atoms with van der Waals surface area (Å²) in [5, 5.41) is 0.574. The summed E-state index contributed by atoms with van der Waals surface area (Å²) in [6, 6.07) is 11.0. The number of aryl methyl sites for hydroxylation is 1. The zero-order chi connectivity index (χ0) is 17.5. The maximum Gasteiger partial charge on any atom is 0.276 e. The van der Waals surface area contributed by atoms with Gasteiger partial charge in [0.2, 0.25) is 5.91 Å². The van der Waals surface area contributed by atoms with Crippen molar-refractivity contribution in [2.75, 3.05) is 6.61 Å². The molecule has 0 aliphatic rings. The molecule has 5 nitrogen and oxygen atoms in total. The van der Waals surface area contributed by atoms with Crippen molar-refractivity contribution in [1.82, 2.24) is 10.9 Å². The highest BCUT2D eigenvalue weighted by Crippen LogP contribution is 2.21. The number of benzene rings is 2. The summed E-state index contributed by atoms with van der Waals surface area (Å²) in [6.07, 6.45) is -0.176. The SMILES string of the molecule is Cc1cc(Cl)ccc1OCC(=O)NNC(=O)Cc1ccccc1F. The van der Waals surface area contributed by atoms with Gasteiger partial charge in [0.15, 0.2) is 6.61 Å². The van der Waals surface area contributed by atoms with Crippen molar-refractivity contribution in [3.63, 3.8) is 0 Å². The number of rotatable bonds is 5. The van der Waals surface area contributed by atoms with E-state index in [0.29, 0.717) is 10.8 Å². The van der Waals surface area contributed by atoms with Gasteiger partial charge < -0.3 is 4.74 Å². The van der Waals surface area contributed by atoms with Gasteiger partial charge >= 0.3 is 0 Å². The fraction of sp³-hybridized carbons (Fsp3) is 0.176. The van der Waals surface area contributed by atoms with E-state index in [1.54, 1.807) is 31.2 Å². The Balaban J connectivity index is 1.76. The minimum Gasteiger partial charge on any atom is -0.483 e. The molecule has 2 aromatic rings. The lowest BCUT2D eigenvalue weighted by atomic mass is 10.1. The van der Waals surface area contributed by atoms with Gasteiger partial charge in [-0.3, -0.25) is 20.4 Å². The average Bonchev–Trinajstić information content (AvgIpc) is 2.54. The second kappa shape index (κ2) is 8.31. The third kappa shape index (κ3) is 5.24. The highest BCUT2D eigenvalue weighted by Gasteiger charge is 2.10. The molecule has 0 fully saturated rings. The van der Waals surface area contributed by atoms with E-state index in [0.717, 1.165) is 5.56 Å². The minimum absolute atomic E-state index is 0.176. The third-order valence-corrected chi connectivity index (χ3v) is 3.38. The molecule has 0 aromatic heterocycles. The van der Waals surface area contributed by atoms with Gasteiger partial charge in [-0.2, -0.15) is 0 Å². The topological polar surface area (TPSA) is 67.4 Å². The lowest BCUT2D eigenvalue weighted by Gasteiger charge is -2.10. The normalized spacial score (nSPS) is 10.1. The van der Waals surface area contributed by atoms with Crippen LogP contribution in [0.15, 0.2) is 42.5 Å². The van der Waals surface area contributed by atoms with Crippen molar-refractivity contribution in [1.29, 1.82) is 0 Å². The zero-order valence-corrected chi connectivity index (χ0v) is 13.7. The Hall–Kier alpha value is -2.60. The van der Waals surface area contributed by atoms with E-state index in [2.05, 4.69) is 10.9 Å². The zero-order valence-electron chi connectivity index (χ0n) is 12.9. The first-order valence-corrected chi connectivity index (χ1v) is 7.53. The van der Waals surface area contributed by atoms with Crippen LogP contribution in [0.2, 0.25) is 5.02 Å². The van der Waals surface area contributed by atoms with Gasteiger partial charge in [0.1, 0.15) is 11.6 Å². The first kappa shape index (κ1) is 17.7. The van der Waals surface area contributed by atoms with Crippen LogP contribution in [0.3, 0.4) is 0 Å². The quantitative estimate of drug-likeness (QED) is 0.814. The predicted octanol–water partition coefficient (Wildman–Crippen LogP) is 2.56. The highest BCUT2D eigenvalue weighted by molar-refractivity contribution is 6.30. The standard InChI is InChI=1S/C17H16ClFN2O3/c1-11-8-13(18)6-7-15(11)24-10-17(23)21-20-16(22)9-12-4-2-3-5-14(12)19/h2-8H,9-10H2,1H3,(H,20,22)(H,21,23). The van der Waals surface area contributed by atoms with Crippen LogP contribution >= 0.6 is 11.6 Å². The number of amides is 2. The second-order valence-electron chi connectivity index (χ2n) is 5.06. The fourth-order valence-corrected chi connectivity index (χ4v) is 2.18. The molecular formula is C17H16ClFN2O3. The van der Waals surface area contributed by atoms with Crippen LogP contribution in [-0.4, -0.2) is 18.4 Å². The first-order chi connectivity index (χ1) is 11.5. The van der Waals surface area contributed by atoms with Crippen molar-refractivity contribution >= 4 is 23.4 Å². The predicted molar refractivity (Wildman–Crippen MR) is 88.1 cm³/mol. The Labute approximate surface area is 143 Å². The van der Waals surface area contributed by atoms with E-state index in [4.69, 9.17) is 16.3 Å². The molecule has 0 radical (unpaired) electrons. The van der Waals surface area contributed by atoms with Crippen molar-refractivity contribution in [3.05, 3.63) is 64.4 Å². The number of carbonyl (C=O) groups is 2. The Morgan fingerprint density at radius 2 is 1.83 bits per heavy atom. The van der Waals surface area contributed by atoms with Crippen molar-refractivity contribution in [2.45, 2.75) is 13.3 Å². The van der Waals surface area contributed by atoms with Gasteiger partial charge in [-0.15, -0.1) is 0 Å². The molecule has 0 bridgehead atoms. The molecule has 2 amide bonds. The Kier molecular flexibility index (Phi) is 6.14. The van der Waals surface area contributed by atoms with Crippen molar-refractivity contribution in [2.24, 2.45) is 0 Å². The molecule has 2 N–H and O–H groups in total. The molecule has 2 aromatic carbocycles. The fourth-order valence-electron chi connectivity index (χ4n) is 1.95. The van der Waals surface area contributed by atoms with Crippen LogP contribution < -0.4 is 15.6 Å². The summed E-state index contributed by atoms with van der Waals surface area (Å²) in [7, 11) is 0. The van der Waals surface area contributed by atoms with E-state index in [9.17, 15) is 14.0 Å². The van der Waals surface area contributed by atoms with Crippen LogP contribution in [0.5, 0.6) is 5.75 Å². The van der Waals surface area contributed by atoms with Crippen LogP contribution in [0.4, 0.5) is 4.39 Å². The van der Waals surface area contributed by atoms with Crippen molar-refractivity contribution < 1.29 is 18.7 Å². The molecule has 0 spiro atoms. The smallest absolute Gasteiger partial charge is 0.276 e. The molecule has 2 rings (SSSR count). The average molecular weight is 351 g/mol. The van der Waals surface area contributed by atoms with Crippen LogP contribution in [0.25, 0.3) is 0 Å². The number of hydrazine groups is 1. The molecule has 0 saturated carbocycles. The Bertz CT molecular complexity index is 752. The molecule has 0 heterocycles. The number of ether oxygens (including phenoxy) is 1. The molecule has 0 aliphatic heterocycles. The van der Waals surface area contributed by atoms with Gasteiger partial charge in [0.05, 0.1) is 6.42 Å². The largest absolute Gasteiger partial charge is 0.483 e. The summed E-state index contributed by atoms with van der Waals surface area (Å²) >= 11 is 5.83. The van der Waals surface area contributed by atoms with Gasteiger partial charge in [0, 0.05) is 5.02 Å². The maximum absolute atomic E-state index is 13.4. The van der Waals surface area contributed by atoms with Crippen molar-refractivity contribution in [3.8, 4) is 5.75 Å². The summed E-state index contributed by atoms with van der Waals surface area (Å²) in [6.45, 7) is 1.53. The molecule has 0 atom stereocenters. The number of hydrogen-bond donors (Lipinski definition) is 2. The number of carbonyl (C=O) groups excluding carboxylic acids is 2. The number of hydrogen-bond acceptors (Lipinski definition) is 3. The molecule has 0 saturated heterocycles. The Morgan fingerprint density at radius 3 is 2.54 bits per heavy atom. The summed E-state index contributed by atoms with van der Waals surface area (Å²) in [5.41, 5.74) is 5.46. The van der Waals surface area contributed by atoms with E-state index >= 15 is 0 Å². The minimum atomic E-state index is -0.536. The van der Waals surface area contributed by atoms with Gasteiger partial charge in [0.25, 0.3) is 5.91 Å². The summed E-state index contributed by atoms with van der Waals surface area (Å²) in [4.78, 5) is 23.4. The molecule has 7 heteroatoms. The molecule has 126 valence electrons. The molecule has 0 aliphatic carbocycles. The molecule has 0 unspecified atom stereocenters. The summed E-state index contributed by atoms with van der Waals surface area (Å²) < 4.78 is 18.8. The second-order valence-corrected chi connectivity index (χ2v) is 5.50. The van der Waals surface area contributed by atoms with E-state index in [-0.39, 0.29) is 18.6 Å². The lowest BCUT2D eigenvalue weighted by molar-refractivity contribution is -0.129. The van der Waals surface area contributed by atoms with Crippen LogP contribution in [0.1, 0.15) is 11.1 Å². The molecule has 24 heavy (non-hydrogen) atoms. The van der Waals surface area contributed by atoms with E-state index < -0.39 is 17.6 Å².